The second kappa shape index (κ2) is 5.33. The van der Waals surface area contributed by atoms with Crippen LogP contribution in [0.5, 0.6) is 0 Å². The maximum Gasteiger partial charge on any atom is 0.106 e. The van der Waals surface area contributed by atoms with Gasteiger partial charge in [0, 0.05) is 6.54 Å². The standard InChI is InChI=1S/C12H17N3OS/c1-8(2)16-6-5-14-9-3-4-10-12(11(9)13)15-7-17-10/h3-4,7-8,14H,5-6,13H2,1-2H3. The van der Waals surface area contributed by atoms with Gasteiger partial charge >= 0.3 is 0 Å². The lowest BCUT2D eigenvalue weighted by Crippen LogP contribution is -2.13. The van der Waals surface area contributed by atoms with Crippen LogP contribution in [0.2, 0.25) is 0 Å². The number of nitrogens with zero attached hydrogens (tertiary/aromatic N) is 1. The summed E-state index contributed by atoms with van der Waals surface area (Å²) in [5.74, 6) is 0. The number of rotatable bonds is 5. The molecule has 2 aromatic rings. The second-order valence-corrected chi connectivity index (χ2v) is 4.96. The van der Waals surface area contributed by atoms with Gasteiger partial charge in [0.2, 0.25) is 0 Å². The zero-order valence-electron chi connectivity index (χ0n) is 10.1. The first-order valence-corrected chi connectivity index (χ1v) is 6.53. The number of fused-ring (bicyclic) bond motifs is 1. The normalized spacial score (nSPS) is 11.2. The van der Waals surface area contributed by atoms with Gasteiger partial charge in [-0.25, -0.2) is 4.98 Å². The fraction of sp³-hybridized carbons (Fsp3) is 0.417. The molecule has 2 rings (SSSR count). The van der Waals surface area contributed by atoms with Crippen molar-refractivity contribution < 1.29 is 4.74 Å². The molecule has 0 spiro atoms. The molecule has 0 aliphatic heterocycles. The van der Waals surface area contributed by atoms with Gasteiger partial charge in [0.15, 0.2) is 0 Å². The van der Waals surface area contributed by atoms with Crippen molar-refractivity contribution in [2.75, 3.05) is 24.2 Å². The van der Waals surface area contributed by atoms with Crippen LogP contribution in [0, 0.1) is 0 Å². The number of ether oxygens (including phenoxy) is 1. The van der Waals surface area contributed by atoms with E-state index in [4.69, 9.17) is 10.5 Å². The molecule has 0 aliphatic rings. The van der Waals surface area contributed by atoms with Crippen molar-refractivity contribution in [3.63, 3.8) is 0 Å². The molecule has 4 nitrogen and oxygen atoms in total. The van der Waals surface area contributed by atoms with E-state index < -0.39 is 0 Å². The summed E-state index contributed by atoms with van der Waals surface area (Å²) < 4.78 is 6.58. The average molecular weight is 251 g/mol. The van der Waals surface area contributed by atoms with E-state index >= 15 is 0 Å². The molecule has 5 heteroatoms. The van der Waals surface area contributed by atoms with Crippen molar-refractivity contribution in [2.45, 2.75) is 20.0 Å². The highest BCUT2D eigenvalue weighted by Crippen LogP contribution is 2.29. The average Bonchev–Trinajstić information content (AvgIpc) is 2.75. The van der Waals surface area contributed by atoms with Gasteiger partial charge < -0.3 is 15.8 Å². The topological polar surface area (TPSA) is 60.2 Å². The summed E-state index contributed by atoms with van der Waals surface area (Å²) in [6.07, 6.45) is 0.259. The molecule has 0 fully saturated rings. The lowest BCUT2D eigenvalue weighted by Gasteiger charge is -2.11. The molecule has 0 aliphatic carbocycles. The quantitative estimate of drug-likeness (QED) is 0.633. The molecule has 1 aromatic carbocycles. The molecular formula is C12H17N3OS. The Balaban J connectivity index is 2.01. The summed E-state index contributed by atoms with van der Waals surface area (Å²) in [6.45, 7) is 5.47. The Morgan fingerprint density at radius 1 is 1.47 bits per heavy atom. The number of nitrogens with two attached hydrogens (primary N) is 1. The van der Waals surface area contributed by atoms with Gasteiger partial charge in [-0.2, -0.15) is 0 Å². The van der Waals surface area contributed by atoms with Crippen LogP contribution in [-0.4, -0.2) is 24.2 Å². The number of hydrogen-bond donors (Lipinski definition) is 2. The van der Waals surface area contributed by atoms with Crippen molar-refractivity contribution in [1.82, 2.24) is 4.98 Å². The summed E-state index contributed by atoms with van der Waals surface area (Å²) in [4.78, 5) is 4.26. The van der Waals surface area contributed by atoms with E-state index in [1.165, 1.54) is 0 Å². The van der Waals surface area contributed by atoms with Crippen LogP contribution in [0.3, 0.4) is 0 Å². The maximum absolute atomic E-state index is 6.05. The molecule has 1 aromatic heterocycles. The smallest absolute Gasteiger partial charge is 0.106 e. The van der Waals surface area contributed by atoms with E-state index in [0.717, 1.165) is 22.4 Å². The van der Waals surface area contributed by atoms with Gasteiger partial charge in [0.1, 0.15) is 5.52 Å². The van der Waals surface area contributed by atoms with Gasteiger partial charge in [-0.05, 0) is 26.0 Å². The third kappa shape index (κ3) is 2.87. The summed E-state index contributed by atoms with van der Waals surface area (Å²) in [7, 11) is 0. The third-order valence-corrected chi connectivity index (χ3v) is 3.20. The fourth-order valence-electron chi connectivity index (χ4n) is 1.59. The molecule has 0 saturated heterocycles. The van der Waals surface area contributed by atoms with Crippen LogP contribution < -0.4 is 11.1 Å². The van der Waals surface area contributed by atoms with Crippen LogP contribution in [0.15, 0.2) is 17.6 Å². The van der Waals surface area contributed by atoms with Crippen molar-refractivity contribution in [3.8, 4) is 0 Å². The van der Waals surface area contributed by atoms with E-state index in [1.807, 2.05) is 31.5 Å². The van der Waals surface area contributed by atoms with Gasteiger partial charge in [0.25, 0.3) is 0 Å². The van der Waals surface area contributed by atoms with Crippen molar-refractivity contribution in [2.24, 2.45) is 0 Å². The summed E-state index contributed by atoms with van der Waals surface area (Å²) in [5, 5.41) is 3.26. The Morgan fingerprint density at radius 3 is 3.06 bits per heavy atom. The van der Waals surface area contributed by atoms with Gasteiger partial charge in [-0.3, -0.25) is 0 Å². The number of anilines is 2. The SMILES string of the molecule is CC(C)OCCNc1ccc2scnc2c1N. The lowest BCUT2D eigenvalue weighted by atomic mass is 10.2. The Labute approximate surface area is 105 Å². The largest absolute Gasteiger partial charge is 0.395 e. The van der Waals surface area contributed by atoms with Gasteiger partial charge in [0.05, 0.1) is 34.3 Å². The Hall–Kier alpha value is -1.33. The predicted octanol–water partition coefficient (Wildman–Crippen LogP) is 2.72. The molecule has 0 saturated carbocycles. The first-order chi connectivity index (χ1) is 8.18. The van der Waals surface area contributed by atoms with Crippen LogP contribution in [0.1, 0.15) is 13.8 Å². The molecule has 0 atom stereocenters. The monoisotopic (exact) mass is 251 g/mol. The van der Waals surface area contributed by atoms with E-state index in [0.29, 0.717) is 12.3 Å². The highest BCUT2D eigenvalue weighted by atomic mass is 32.1. The minimum absolute atomic E-state index is 0.259. The minimum Gasteiger partial charge on any atom is -0.395 e. The number of nitrogen functional groups attached to an aromatic ring is 1. The number of hydrogen-bond acceptors (Lipinski definition) is 5. The van der Waals surface area contributed by atoms with Crippen LogP contribution >= 0.6 is 11.3 Å². The van der Waals surface area contributed by atoms with E-state index in [-0.39, 0.29) is 6.10 Å². The van der Waals surface area contributed by atoms with Crippen molar-refractivity contribution in [1.29, 1.82) is 0 Å². The second-order valence-electron chi connectivity index (χ2n) is 4.07. The molecule has 17 heavy (non-hydrogen) atoms. The van der Waals surface area contributed by atoms with Gasteiger partial charge in [-0.1, -0.05) is 0 Å². The Bertz CT molecular complexity index is 495. The molecule has 0 bridgehead atoms. The predicted molar refractivity (Wildman–Crippen MR) is 73.6 cm³/mol. The zero-order chi connectivity index (χ0) is 12.3. The summed E-state index contributed by atoms with van der Waals surface area (Å²) in [6, 6.07) is 4.03. The highest BCUT2D eigenvalue weighted by molar-refractivity contribution is 7.16. The van der Waals surface area contributed by atoms with E-state index in [2.05, 4.69) is 10.3 Å². The number of thiazole rings is 1. The van der Waals surface area contributed by atoms with Crippen LogP contribution in [0.4, 0.5) is 11.4 Å². The van der Waals surface area contributed by atoms with Crippen molar-refractivity contribution >= 4 is 32.9 Å². The van der Waals surface area contributed by atoms with Crippen LogP contribution in [0.25, 0.3) is 10.2 Å². The first-order valence-electron chi connectivity index (χ1n) is 5.65. The lowest BCUT2D eigenvalue weighted by molar-refractivity contribution is 0.0871. The fourth-order valence-corrected chi connectivity index (χ4v) is 2.28. The molecule has 0 radical (unpaired) electrons. The number of aromatic nitrogens is 1. The summed E-state index contributed by atoms with van der Waals surface area (Å²) >= 11 is 1.60. The third-order valence-electron chi connectivity index (χ3n) is 2.41. The molecule has 92 valence electrons. The number of benzene rings is 1. The number of nitrogens with one attached hydrogen (secondary N) is 1. The molecule has 3 N–H and O–H groups in total. The Kier molecular flexibility index (Phi) is 3.81. The molecule has 0 amide bonds. The van der Waals surface area contributed by atoms with E-state index in [9.17, 15) is 0 Å². The zero-order valence-corrected chi connectivity index (χ0v) is 10.9. The molecule has 1 heterocycles. The first kappa shape index (κ1) is 12.1. The molecular weight excluding hydrogens is 234 g/mol. The maximum atomic E-state index is 6.05. The van der Waals surface area contributed by atoms with Crippen molar-refractivity contribution in [3.05, 3.63) is 17.6 Å². The van der Waals surface area contributed by atoms with Crippen LogP contribution in [-0.2, 0) is 4.74 Å². The molecule has 0 unspecified atom stereocenters. The van der Waals surface area contributed by atoms with Gasteiger partial charge in [-0.15, -0.1) is 11.3 Å². The highest BCUT2D eigenvalue weighted by Gasteiger charge is 2.06. The summed E-state index contributed by atoms with van der Waals surface area (Å²) in [5.41, 5.74) is 10.4. The van der Waals surface area contributed by atoms with E-state index in [1.54, 1.807) is 11.3 Å². The Morgan fingerprint density at radius 2 is 2.29 bits per heavy atom. The minimum atomic E-state index is 0.259.